The summed E-state index contributed by atoms with van der Waals surface area (Å²) in [5, 5.41) is 0.723. The van der Waals surface area contributed by atoms with Crippen molar-refractivity contribution in [1.82, 2.24) is 9.47 Å². The average molecular weight is 288 g/mol. The third kappa shape index (κ3) is 2.86. The molecule has 21 heavy (non-hydrogen) atoms. The predicted octanol–water partition coefficient (Wildman–Crippen LogP) is 3.47. The Hall–Kier alpha value is -1.68. The molecule has 2 aromatic rings. The molecule has 1 aliphatic heterocycles. The lowest BCUT2D eigenvalue weighted by atomic mass is 10.1. The number of Topliss-reactive ketones (excluding diaryl/α,β-unsaturated/α-hetero) is 1. The monoisotopic (exact) mass is 288 g/mol. The van der Waals surface area contributed by atoms with Gasteiger partial charge in [-0.05, 0) is 38.9 Å². The zero-order chi connectivity index (χ0) is 14.8. The van der Waals surface area contributed by atoms with Gasteiger partial charge in [0.25, 0.3) is 0 Å². The number of rotatable bonds is 4. The second kappa shape index (κ2) is 5.98. The van der Waals surface area contributed by atoms with Gasteiger partial charge in [-0.3, -0.25) is 4.79 Å². The molecule has 0 saturated carbocycles. The number of halogens is 1. The van der Waals surface area contributed by atoms with E-state index in [9.17, 15) is 9.18 Å². The van der Waals surface area contributed by atoms with Crippen LogP contribution in [0, 0.1) is 5.82 Å². The maximum absolute atomic E-state index is 14.1. The number of benzene rings is 1. The van der Waals surface area contributed by atoms with Gasteiger partial charge in [-0.25, -0.2) is 4.39 Å². The topological polar surface area (TPSA) is 25.2 Å². The van der Waals surface area contributed by atoms with E-state index in [0.29, 0.717) is 11.1 Å². The number of ketones is 1. The summed E-state index contributed by atoms with van der Waals surface area (Å²) in [7, 11) is 0. The van der Waals surface area contributed by atoms with Gasteiger partial charge in [0, 0.05) is 30.2 Å². The lowest BCUT2D eigenvalue weighted by molar-refractivity contribution is 0.101. The summed E-state index contributed by atoms with van der Waals surface area (Å²) in [6.45, 7) is 5.43. The predicted molar refractivity (Wildman–Crippen MR) is 82.2 cm³/mol. The molecule has 1 saturated heterocycles. The van der Waals surface area contributed by atoms with Crippen molar-refractivity contribution in [2.75, 3.05) is 19.6 Å². The number of carbonyl (C=O) groups is 1. The van der Waals surface area contributed by atoms with Gasteiger partial charge >= 0.3 is 0 Å². The Morgan fingerprint density at radius 2 is 1.95 bits per heavy atom. The lowest BCUT2D eigenvalue weighted by Gasteiger charge is -2.26. The van der Waals surface area contributed by atoms with E-state index in [2.05, 4.69) is 4.90 Å². The first-order chi connectivity index (χ1) is 10.2. The number of nitrogens with zero attached hydrogens (tertiary/aromatic N) is 2. The average Bonchev–Trinajstić information content (AvgIpc) is 2.87. The number of para-hydroxylation sites is 1. The Bertz CT molecular complexity index is 656. The number of likely N-dealkylation sites (tertiary alicyclic amines) is 1. The van der Waals surface area contributed by atoms with Gasteiger partial charge in [0.2, 0.25) is 0 Å². The van der Waals surface area contributed by atoms with Crippen LogP contribution >= 0.6 is 0 Å². The molecule has 0 atom stereocenters. The quantitative estimate of drug-likeness (QED) is 0.805. The summed E-state index contributed by atoms with van der Waals surface area (Å²) in [4.78, 5) is 14.2. The van der Waals surface area contributed by atoms with Crippen LogP contribution in [-0.2, 0) is 6.54 Å². The highest BCUT2D eigenvalue weighted by molar-refractivity contribution is 6.07. The summed E-state index contributed by atoms with van der Waals surface area (Å²) in [5.41, 5.74) is 1.17. The third-order valence-corrected chi connectivity index (χ3v) is 4.33. The summed E-state index contributed by atoms with van der Waals surface area (Å²) < 4.78 is 16.0. The van der Waals surface area contributed by atoms with E-state index < -0.39 is 0 Å². The summed E-state index contributed by atoms with van der Waals surface area (Å²) in [6, 6.07) is 4.95. The highest BCUT2D eigenvalue weighted by Gasteiger charge is 2.16. The minimum atomic E-state index is -0.251. The first kappa shape index (κ1) is 14.3. The fourth-order valence-electron chi connectivity index (χ4n) is 3.20. The summed E-state index contributed by atoms with van der Waals surface area (Å²) >= 11 is 0. The van der Waals surface area contributed by atoms with Gasteiger partial charge in [0.1, 0.15) is 5.82 Å². The number of aromatic nitrogens is 1. The van der Waals surface area contributed by atoms with Crippen LogP contribution in [0.25, 0.3) is 10.9 Å². The molecule has 1 fully saturated rings. The number of fused-ring (bicyclic) bond motifs is 1. The maximum Gasteiger partial charge on any atom is 0.161 e. The molecule has 1 aromatic carbocycles. The van der Waals surface area contributed by atoms with E-state index in [-0.39, 0.29) is 11.6 Å². The maximum atomic E-state index is 14.1. The van der Waals surface area contributed by atoms with Crippen LogP contribution < -0.4 is 0 Å². The zero-order valence-electron chi connectivity index (χ0n) is 12.4. The Kier molecular flexibility index (Phi) is 4.06. The van der Waals surface area contributed by atoms with Crippen LogP contribution in [0.3, 0.4) is 0 Å². The van der Waals surface area contributed by atoms with Crippen LogP contribution in [0.4, 0.5) is 4.39 Å². The summed E-state index contributed by atoms with van der Waals surface area (Å²) in [5.74, 6) is -0.263. The molecule has 1 aliphatic rings. The van der Waals surface area contributed by atoms with Gasteiger partial charge < -0.3 is 9.47 Å². The largest absolute Gasteiger partial charge is 0.343 e. The molecule has 2 heterocycles. The van der Waals surface area contributed by atoms with Crippen LogP contribution in [-0.4, -0.2) is 34.9 Å². The Balaban J connectivity index is 1.88. The number of carbonyl (C=O) groups excluding carboxylic acids is 1. The van der Waals surface area contributed by atoms with E-state index in [1.807, 2.05) is 10.6 Å². The Morgan fingerprint density at radius 1 is 1.19 bits per heavy atom. The molecule has 0 amide bonds. The molecule has 0 bridgehead atoms. The van der Waals surface area contributed by atoms with Crippen molar-refractivity contribution in [3.8, 4) is 0 Å². The van der Waals surface area contributed by atoms with Gasteiger partial charge in [0.15, 0.2) is 5.78 Å². The molecular weight excluding hydrogens is 267 g/mol. The van der Waals surface area contributed by atoms with Crippen molar-refractivity contribution in [2.24, 2.45) is 0 Å². The second-order valence-corrected chi connectivity index (χ2v) is 5.83. The van der Waals surface area contributed by atoms with Crippen LogP contribution in [0.15, 0.2) is 24.4 Å². The normalized spacial score (nSPS) is 16.5. The van der Waals surface area contributed by atoms with Crippen molar-refractivity contribution in [2.45, 2.75) is 32.7 Å². The zero-order valence-corrected chi connectivity index (χ0v) is 12.4. The lowest BCUT2D eigenvalue weighted by Crippen LogP contribution is -2.32. The SMILES string of the molecule is CC(=O)c1cn(CCN2CCCCC2)c2c(F)cccc12. The molecule has 1 aromatic heterocycles. The first-order valence-corrected chi connectivity index (χ1v) is 7.67. The van der Waals surface area contributed by atoms with E-state index >= 15 is 0 Å². The molecule has 0 spiro atoms. The highest BCUT2D eigenvalue weighted by Crippen LogP contribution is 2.24. The number of hydrogen-bond acceptors (Lipinski definition) is 2. The van der Waals surface area contributed by atoms with Gasteiger partial charge in [0.05, 0.1) is 5.52 Å². The fourth-order valence-corrected chi connectivity index (χ4v) is 3.20. The minimum Gasteiger partial charge on any atom is -0.343 e. The van der Waals surface area contributed by atoms with E-state index in [1.165, 1.54) is 32.3 Å². The molecule has 3 nitrogen and oxygen atoms in total. The minimum absolute atomic E-state index is 0.0117. The molecular formula is C17H21FN2O. The molecule has 0 aliphatic carbocycles. The van der Waals surface area contributed by atoms with Gasteiger partial charge in [-0.1, -0.05) is 18.6 Å². The van der Waals surface area contributed by atoms with Crippen LogP contribution in [0.2, 0.25) is 0 Å². The fraction of sp³-hybridized carbons (Fsp3) is 0.471. The second-order valence-electron chi connectivity index (χ2n) is 5.83. The molecule has 3 rings (SSSR count). The third-order valence-electron chi connectivity index (χ3n) is 4.33. The number of piperidine rings is 1. The standard InChI is InChI=1S/C17H21FN2O/c1-13(21)15-12-20(11-10-19-8-3-2-4-9-19)17-14(15)6-5-7-16(17)18/h5-7,12H,2-4,8-11H2,1H3. The van der Waals surface area contributed by atoms with Crippen molar-refractivity contribution >= 4 is 16.7 Å². The van der Waals surface area contributed by atoms with E-state index in [1.54, 1.807) is 12.3 Å². The highest BCUT2D eigenvalue weighted by atomic mass is 19.1. The molecule has 0 N–H and O–H groups in total. The van der Waals surface area contributed by atoms with Crippen molar-refractivity contribution in [1.29, 1.82) is 0 Å². The Morgan fingerprint density at radius 3 is 2.67 bits per heavy atom. The van der Waals surface area contributed by atoms with E-state index in [4.69, 9.17) is 0 Å². The molecule has 112 valence electrons. The molecule has 4 heteroatoms. The first-order valence-electron chi connectivity index (χ1n) is 7.67. The van der Waals surface area contributed by atoms with Gasteiger partial charge in [-0.2, -0.15) is 0 Å². The van der Waals surface area contributed by atoms with Crippen LogP contribution in [0.1, 0.15) is 36.5 Å². The molecule has 0 unspecified atom stereocenters. The van der Waals surface area contributed by atoms with Crippen molar-refractivity contribution in [3.63, 3.8) is 0 Å². The van der Waals surface area contributed by atoms with Crippen LogP contribution in [0.5, 0.6) is 0 Å². The van der Waals surface area contributed by atoms with Gasteiger partial charge in [-0.15, -0.1) is 0 Å². The smallest absolute Gasteiger partial charge is 0.161 e. The molecule has 0 radical (unpaired) electrons. The van der Waals surface area contributed by atoms with Crippen molar-refractivity contribution in [3.05, 3.63) is 35.8 Å². The van der Waals surface area contributed by atoms with E-state index in [0.717, 1.165) is 31.6 Å². The summed E-state index contributed by atoms with van der Waals surface area (Å²) in [6.07, 6.45) is 5.62. The number of hydrogen-bond donors (Lipinski definition) is 0. The Labute approximate surface area is 124 Å². The van der Waals surface area contributed by atoms with Crippen molar-refractivity contribution < 1.29 is 9.18 Å².